The van der Waals surface area contributed by atoms with E-state index in [0.29, 0.717) is 17.1 Å². The van der Waals surface area contributed by atoms with Crippen molar-refractivity contribution in [3.63, 3.8) is 0 Å². The van der Waals surface area contributed by atoms with E-state index in [1.807, 2.05) is 22.9 Å². The van der Waals surface area contributed by atoms with Gasteiger partial charge in [-0.3, -0.25) is 4.68 Å². The Morgan fingerprint density at radius 3 is 2.60 bits per heavy atom. The Kier molecular flexibility index (Phi) is 5.06. The summed E-state index contributed by atoms with van der Waals surface area (Å²) in [4.78, 5) is 2.31. The Morgan fingerprint density at radius 2 is 1.95 bits per heavy atom. The van der Waals surface area contributed by atoms with Crippen LogP contribution in [0.5, 0.6) is 0 Å². The van der Waals surface area contributed by atoms with Gasteiger partial charge in [-0.1, -0.05) is 37.6 Å². The third-order valence-corrected chi connectivity index (χ3v) is 4.04. The Labute approximate surface area is 126 Å². The smallest absolute Gasteiger partial charge is 0.158 e. The molecule has 1 aromatic heterocycles. The number of benzene rings is 1. The van der Waals surface area contributed by atoms with E-state index in [1.165, 1.54) is 6.42 Å². The van der Waals surface area contributed by atoms with Crippen molar-refractivity contribution < 1.29 is 0 Å². The summed E-state index contributed by atoms with van der Waals surface area (Å²) in [6.07, 6.45) is 2.30. The van der Waals surface area contributed by atoms with Gasteiger partial charge in [-0.05, 0) is 45.0 Å². The summed E-state index contributed by atoms with van der Waals surface area (Å²) in [5.41, 5.74) is 1.12. The number of hydrogen-bond donors (Lipinski definition) is 0. The first-order chi connectivity index (χ1) is 9.49. The molecular weight excluding hydrogens is 270 g/mol. The van der Waals surface area contributed by atoms with Crippen LogP contribution in [0.3, 0.4) is 0 Å². The summed E-state index contributed by atoms with van der Waals surface area (Å²) in [5, 5.41) is 6.11. The summed E-state index contributed by atoms with van der Waals surface area (Å²) in [6, 6.07) is 8.73. The standard InChI is InChI=1S/C16H24ClN3/c1-12(2)11-13(19(3)4)9-10-20-15-8-6-5-7-14(15)16(17)18-20/h5-8,12-13H,9-11H2,1-4H3. The summed E-state index contributed by atoms with van der Waals surface area (Å²) in [6.45, 7) is 5.45. The van der Waals surface area contributed by atoms with Gasteiger partial charge in [0, 0.05) is 18.0 Å². The van der Waals surface area contributed by atoms with Crippen molar-refractivity contribution in [3.05, 3.63) is 29.4 Å². The molecular formula is C16H24ClN3. The number of halogens is 1. The van der Waals surface area contributed by atoms with Gasteiger partial charge in [0.1, 0.15) is 0 Å². The highest BCUT2D eigenvalue weighted by atomic mass is 35.5. The maximum atomic E-state index is 6.20. The molecule has 4 heteroatoms. The van der Waals surface area contributed by atoms with E-state index in [-0.39, 0.29) is 0 Å². The lowest BCUT2D eigenvalue weighted by Crippen LogP contribution is -2.30. The van der Waals surface area contributed by atoms with Gasteiger partial charge in [0.15, 0.2) is 5.15 Å². The Bertz CT molecular complexity index is 560. The molecule has 0 N–H and O–H groups in total. The van der Waals surface area contributed by atoms with E-state index in [2.05, 4.69) is 44.0 Å². The van der Waals surface area contributed by atoms with Gasteiger partial charge >= 0.3 is 0 Å². The van der Waals surface area contributed by atoms with Crippen molar-refractivity contribution in [1.29, 1.82) is 0 Å². The molecule has 1 aromatic carbocycles. The lowest BCUT2D eigenvalue weighted by molar-refractivity contribution is 0.232. The third kappa shape index (κ3) is 3.53. The second kappa shape index (κ2) is 6.59. The van der Waals surface area contributed by atoms with Crippen LogP contribution in [-0.2, 0) is 6.54 Å². The molecule has 0 aliphatic rings. The van der Waals surface area contributed by atoms with Gasteiger partial charge < -0.3 is 4.90 Å². The number of rotatable bonds is 6. The predicted molar refractivity (Wildman–Crippen MR) is 86.3 cm³/mol. The van der Waals surface area contributed by atoms with Crippen molar-refractivity contribution in [3.8, 4) is 0 Å². The van der Waals surface area contributed by atoms with E-state index in [1.54, 1.807) is 0 Å². The molecule has 0 saturated carbocycles. The molecule has 1 unspecified atom stereocenters. The third-order valence-electron chi connectivity index (χ3n) is 3.76. The minimum absolute atomic E-state index is 0.580. The largest absolute Gasteiger partial charge is 0.306 e. The number of para-hydroxylation sites is 1. The van der Waals surface area contributed by atoms with Gasteiger partial charge in [0.2, 0.25) is 0 Å². The lowest BCUT2D eigenvalue weighted by atomic mass is 10.0. The highest BCUT2D eigenvalue weighted by Gasteiger charge is 2.15. The van der Waals surface area contributed by atoms with Crippen LogP contribution >= 0.6 is 11.6 Å². The second-order valence-corrected chi connectivity index (χ2v) is 6.42. The highest BCUT2D eigenvalue weighted by Crippen LogP contribution is 2.23. The lowest BCUT2D eigenvalue weighted by Gasteiger charge is -2.26. The fourth-order valence-electron chi connectivity index (χ4n) is 2.66. The number of aromatic nitrogens is 2. The Hall–Kier alpha value is -1.06. The van der Waals surface area contributed by atoms with Crippen LogP contribution in [-0.4, -0.2) is 34.8 Å². The van der Waals surface area contributed by atoms with Crippen LogP contribution < -0.4 is 0 Å². The van der Waals surface area contributed by atoms with E-state index < -0.39 is 0 Å². The van der Waals surface area contributed by atoms with Crippen molar-refractivity contribution >= 4 is 22.5 Å². The average molecular weight is 294 g/mol. The quantitative estimate of drug-likeness (QED) is 0.801. The molecule has 0 spiro atoms. The first kappa shape index (κ1) is 15.3. The Balaban J connectivity index is 2.12. The molecule has 0 amide bonds. The summed E-state index contributed by atoms with van der Waals surface area (Å²) < 4.78 is 2.04. The maximum absolute atomic E-state index is 6.20. The van der Waals surface area contributed by atoms with Crippen LogP contribution in [0.4, 0.5) is 0 Å². The van der Waals surface area contributed by atoms with Gasteiger partial charge in [0.05, 0.1) is 5.52 Å². The molecule has 0 radical (unpaired) electrons. The monoisotopic (exact) mass is 293 g/mol. The van der Waals surface area contributed by atoms with E-state index in [9.17, 15) is 0 Å². The van der Waals surface area contributed by atoms with Gasteiger partial charge in [-0.25, -0.2) is 0 Å². The van der Waals surface area contributed by atoms with Crippen molar-refractivity contribution in [2.24, 2.45) is 5.92 Å². The molecule has 0 saturated heterocycles. The van der Waals surface area contributed by atoms with Crippen molar-refractivity contribution in [2.75, 3.05) is 14.1 Å². The van der Waals surface area contributed by atoms with Gasteiger partial charge in [-0.15, -0.1) is 0 Å². The molecule has 2 rings (SSSR count). The minimum Gasteiger partial charge on any atom is -0.306 e. The average Bonchev–Trinajstić information content (AvgIpc) is 2.71. The first-order valence-electron chi connectivity index (χ1n) is 7.26. The first-order valence-corrected chi connectivity index (χ1v) is 7.64. The fraction of sp³-hybridized carbons (Fsp3) is 0.562. The molecule has 2 aromatic rings. The Morgan fingerprint density at radius 1 is 1.25 bits per heavy atom. The molecule has 1 atom stereocenters. The summed E-state index contributed by atoms with van der Waals surface area (Å²) in [5.74, 6) is 0.709. The van der Waals surface area contributed by atoms with Gasteiger partial charge in [-0.2, -0.15) is 5.10 Å². The van der Waals surface area contributed by atoms with E-state index in [0.717, 1.165) is 23.9 Å². The van der Waals surface area contributed by atoms with Crippen LogP contribution in [0.1, 0.15) is 26.7 Å². The molecule has 0 bridgehead atoms. The van der Waals surface area contributed by atoms with Crippen molar-refractivity contribution in [1.82, 2.24) is 14.7 Å². The molecule has 0 fully saturated rings. The van der Waals surface area contributed by atoms with Crippen LogP contribution in [0.15, 0.2) is 24.3 Å². The molecule has 0 aliphatic heterocycles. The topological polar surface area (TPSA) is 21.1 Å². The van der Waals surface area contributed by atoms with Crippen molar-refractivity contribution in [2.45, 2.75) is 39.3 Å². The number of aryl methyl sites for hydroxylation is 1. The molecule has 0 aliphatic carbocycles. The van der Waals surface area contributed by atoms with Crippen LogP contribution in [0, 0.1) is 5.92 Å². The van der Waals surface area contributed by atoms with Crippen LogP contribution in [0.2, 0.25) is 5.15 Å². The highest BCUT2D eigenvalue weighted by molar-refractivity contribution is 6.34. The van der Waals surface area contributed by atoms with E-state index in [4.69, 9.17) is 11.6 Å². The zero-order valence-corrected chi connectivity index (χ0v) is 13.6. The number of nitrogens with zero attached hydrogens (tertiary/aromatic N) is 3. The molecule has 3 nitrogen and oxygen atoms in total. The predicted octanol–water partition coefficient (Wildman–Crippen LogP) is 4.06. The second-order valence-electron chi connectivity index (χ2n) is 6.07. The van der Waals surface area contributed by atoms with E-state index >= 15 is 0 Å². The summed E-state index contributed by atoms with van der Waals surface area (Å²) >= 11 is 6.20. The fourth-order valence-corrected chi connectivity index (χ4v) is 2.91. The number of hydrogen-bond acceptors (Lipinski definition) is 2. The SMILES string of the molecule is CC(C)CC(CCn1nc(Cl)c2ccccc21)N(C)C. The minimum atomic E-state index is 0.580. The van der Waals surface area contributed by atoms with Gasteiger partial charge in [0.25, 0.3) is 0 Å². The summed E-state index contributed by atoms with van der Waals surface area (Å²) in [7, 11) is 4.31. The maximum Gasteiger partial charge on any atom is 0.158 e. The molecule has 1 heterocycles. The molecule has 110 valence electrons. The zero-order valence-electron chi connectivity index (χ0n) is 12.8. The zero-order chi connectivity index (χ0) is 14.7. The number of fused-ring (bicyclic) bond motifs is 1. The van der Waals surface area contributed by atoms with Crippen LogP contribution in [0.25, 0.3) is 10.9 Å². The normalized spacial score (nSPS) is 13.6. The molecule has 20 heavy (non-hydrogen) atoms.